The van der Waals surface area contributed by atoms with Crippen molar-refractivity contribution in [1.82, 2.24) is 0 Å². The van der Waals surface area contributed by atoms with Gasteiger partial charge in [0.2, 0.25) is 0 Å². The first kappa shape index (κ1) is 6.93. The summed E-state index contributed by atoms with van der Waals surface area (Å²) in [5, 5.41) is 0. The second-order valence-electron chi connectivity index (χ2n) is 4.69. The zero-order valence-corrected chi connectivity index (χ0v) is 7.32. The van der Waals surface area contributed by atoms with Crippen LogP contribution in [0, 0.1) is 29.6 Å². The normalized spacial score (nSPS) is 55.8. The Kier molecular flexibility index (Phi) is 1.18. The molecule has 0 N–H and O–H groups in total. The van der Waals surface area contributed by atoms with Gasteiger partial charge in [0.15, 0.2) is 0 Å². The average molecular weight is 166 g/mol. The molecule has 0 radical (unpaired) electrons. The molecule has 0 spiro atoms. The van der Waals surface area contributed by atoms with Crippen molar-refractivity contribution in [3.8, 4) is 0 Å². The summed E-state index contributed by atoms with van der Waals surface area (Å²) in [5.74, 6) is 3.29. The Morgan fingerprint density at radius 2 is 2.17 bits per heavy atom. The van der Waals surface area contributed by atoms with Gasteiger partial charge in [-0.1, -0.05) is 6.92 Å². The Morgan fingerprint density at radius 3 is 3.00 bits per heavy atom. The van der Waals surface area contributed by atoms with E-state index in [0.717, 1.165) is 18.4 Å². The molecule has 1 saturated heterocycles. The fourth-order valence-electron chi connectivity index (χ4n) is 3.71. The zero-order chi connectivity index (χ0) is 8.29. The van der Waals surface area contributed by atoms with Gasteiger partial charge in [-0.05, 0) is 30.6 Å². The molecule has 2 heteroatoms. The summed E-state index contributed by atoms with van der Waals surface area (Å²) in [7, 11) is 0. The van der Waals surface area contributed by atoms with Crippen molar-refractivity contribution in [2.75, 3.05) is 6.61 Å². The number of ether oxygens (including phenoxy) is 1. The van der Waals surface area contributed by atoms with Gasteiger partial charge < -0.3 is 4.74 Å². The topological polar surface area (TPSA) is 26.3 Å². The standard InChI is InChI=1S/C10H14O2/c1-5-2-6-3-7(5)8-4-12-10(11)9(6)8/h5-9H,2-4H2,1H3/t5?,6-,7?,8?,9?/m0/s1. The highest BCUT2D eigenvalue weighted by atomic mass is 16.5. The van der Waals surface area contributed by atoms with E-state index in [9.17, 15) is 4.79 Å². The van der Waals surface area contributed by atoms with E-state index < -0.39 is 0 Å². The smallest absolute Gasteiger partial charge is 0.309 e. The Bertz CT molecular complexity index is 236. The number of esters is 1. The summed E-state index contributed by atoms with van der Waals surface area (Å²) in [6, 6.07) is 0. The minimum absolute atomic E-state index is 0.0967. The van der Waals surface area contributed by atoms with Crippen molar-refractivity contribution < 1.29 is 9.53 Å². The molecule has 3 rings (SSSR count). The van der Waals surface area contributed by atoms with E-state index in [1.165, 1.54) is 12.8 Å². The predicted octanol–water partition coefficient (Wildman–Crippen LogP) is 1.45. The summed E-state index contributed by atoms with van der Waals surface area (Å²) in [6.45, 7) is 3.04. The summed E-state index contributed by atoms with van der Waals surface area (Å²) in [5.41, 5.74) is 0. The number of carbonyl (C=O) groups is 1. The number of fused-ring (bicyclic) bond motifs is 5. The fourth-order valence-corrected chi connectivity index (χ4v) is 3.71. The van der Waals surface area contributed by atoms with Crippen LogP contribution in [0.2, 0.25) is 0 Å². The maximum Gasteiger partial charge on any atom is 0.309 e. The molecule has 0 aromatic carbocycles. The number of hydrogen-bond donors (Lipinski definition) is 0. The van der Waals surface area contributed by atoms with E-state index in [1.807, 2.05) is 0 Å². The first-order chi connectivity index (χ1) is 5.77. The van der Waals surface area contributed by atoms with E-state index >= 15 is 0 Å². The first-order valence-corrected chi connectivity index (χ1v) is 4.94. The lowest BCUT2D eigenvalue weighted by Gasteiger charge is -2.25. The Hall–Kier alpha value is -0.530. The summed E-state index contributed by atoms with van der Waals surface area (Å²) in [4.78, 5) is 11.3. The van der Waals surface area contributed by atoms with E-state index in [4.69, 9.17) is 4.74 Å². The third-order valence-corrected chi connectivity index (χ3v) is 4.19. The molecule has 2 saturated carbocycles. The van der Waals surface area contributed by atoms with Gasteiger partial charge in [-0.3, -0.25) is 4.79 Å². The van der Waals surface area contributed by atoms with Crippen LogP contribution in [0.3, 0.4) is 0 Å². The van der Waals surface area contributed by atoms with Gasteiger partial charge in [-0.2, -0.15) is 0 Å². The molecule has 2 aliphatic carbocycles. The lowest BCUT2D eigenvalue weighted by Crippen LogP contribution is -2.27. The zero-order valence-electron chi connectivity index (χ0n) is 7.32. The lowest BCUT2D eigenvalue weighted by molar-refractivity contribution is -0.142. The molecule has 0 amide bonds. The summed E-state index contributed by atoms with van der Waals surface area (Å²) < 4.78 is 5.11. The predicted molar refractivity (Wildman–Crippen MR) is 43.3 cm³/mol. The molecule has 1 aliphatic heterocycles. The molecule has 2 nitrogen and oxygen atoms in total. The van der Waals surface area contributed by atoms with E-state index in [0.29, 0.717) is 17.8 Å². The van der Waals surface area contributed by atoms with Gasteiger partial charge in [0.1, 0.15) is 0 Å². The van der Waals surface area contributed by atoms with Crippen molar-refractivity contribution in [2.24, 2.45) is 29.6 Å². The summed E-state index contributed by atoms with van der Waals surface area (Å²) >= 11 is 0. The monoisotopic (exact) mass is 166 g/mol. The van der Waals surface area contributed by atoms with Crippen LogP contribution < -0.4 is 0 Å². The van der Waals surface area contributed by atoms with Crippen LogP contribution in [0.1, 0.15) is 19.8 Å². The second kappa shape index (κ2) is 2.04. The van der Waals surface area contributed by atoms with Crippen molar-refractivity contribution in [3.63, 3.8) is 0 Å². The Morgan fingerprint density at radius 1 is 1.33 bits per heavy atom. The van der Waals surface area contributed by atoms with Crippen LogP contribution in [0.5, 0.6) is 0 Å². The minimum atomic E-state index is 0.0967. The van der Waals surface area contributed by atoms with Gasteiger partial charge in [-0.15, -0.1) is 0 Å². The van der Waals surface area contributed by atoms with Crippen molar-refractivity contribution >= 4 is 5.97 Å². The molecule has 0 aromatic heterocycles. The number of hydrogen-bond acceptors (Lipinski definition) is 2. The van der Waals surface area contributed by atoms with Crippen LogP contribution in [-0.2, 0) is 9.53 Å². The van der Waals surface area contributed by atoms with Crippen molar-refractivity contribution in [2.45, 2.75) is 19.8 Å². The van der Waals surface area contributed by atoms with Crippen molar-refractivity contribution in [3.05, 3.63) is 0 Å². The molecule has 12 heavy (non-hydrogen) atoms. The number of carbonyl (C=O) groups excluding carboxylic acids is 1. The van der Waals surface area contributed by atoms with Crippen LogP contribution in [-0.4, -0.2) is 12.6 Å². The van der Waals surface area contributed by atoms with Gasteiger partial charge in [-0.25, -0.2) is 0 Å². The molecular weight excluding hydrogens is 152 g/mol. The maximum absolute atomic E-state index is 11.3. The third-order valence-electron chi connectivity index (χ3n) is 4.19. The van der Waals surface area contributed by atoms with Crippen molar-refractivity contribution in [1.29, 1.82) is 0 Å². The summed E-state index contributed by atoms with van der Waals surface area (Å²) in [6.07, 6.45) is 2.56. The van der Waals surface area contributed by atoms with Crippen LogP contribution >= 0.6 is 0 Å². The van der Waals surface area contributed by atoms with Crippen LogP contribution in [0.4, 0.5) is 0 Å². The molecule has 5 atom stereocenters. The molecule has 3 aliphatic rings. The molecule has 0 aromatic rings. The van der Waals surface area contributed by atoms with Gasteiger partial charge in [0.25, 0.3) is 0 Å². The van der Waals surface area contributed by atoms with E-state index in [1.54, 1.807) is 0 Å². The number of rotatable bonds is 0. The molecule has 2 bridgehead atoms. The van der Waals surface area contributed by atoms with Gasteiger partial charge >= 0.3 is 5.97 Å². The van der Waals surface area contributed by atoms with Crippen LogP contribution in [0.15, 0.2) is 0 Å². The fraction of sp³-hybridized carbons (Fsp3) is 0.900. The molecule has 66 valence electrons. The first-order valence-electron chi connectivity index (χ1n) is 4.94. The highest BCUT2D eigenvalue weighted by Crippen LogP contribution is 2.57. The minimum Gasteiger partial charge on any atom is -0.465 e. The van der Waals surface area contributed by atoms with Gasteiger partial charge in [0, 0.05) is 5.92 Å². The molecule has 4 unspecified atom stereocenters. The Labute approximate surface area is 72.3 Å². The van der Waals surface area contributed by atoms with Crippen LogP contribution in [0.25, 0.3) is 0 Å². The lowest BCUT2D eigenvalue weighted by atomic mass is 9.76. The SMILES string of the molecule is CC1C[C@H]2CC1C1COC(=O)C12. The third kappa shape index (κ3) is 0.644. The Balaban J connectivity index is 1.94. The molecular formula is C10H14O2. The largest absolute Gasteiger partial charge is 0.465 e. The highest BCUT2D eigenvalue weighted by Gasteiger charge is 2.57. The molecule has 3 fully saturated rings. The number of cyclic esters (lactones) is 1. The molecule has 1 heterocycles. The highest BCUT2D eigenvalue weighted by molar-refractivity contribution is 5.76. The quantitative estimate of drug-likeness (QED) is 0.509. The average Bonchev–Trinajstić information content (AvgIpc) is 2.62. The van der Waals surface area contributed by atoms with E-state index in [-0.39, 0.29) is 5.97 Å². The van der Waals surface area contributed by atoms with E-state index in [2.05, 4.69) is 6.92 Å². The van der Waals surface area contributed by atoms with Gasteiger partial charge in [0.05, 0.1) is 12.5 Å². The maximum atomic E-state index is 11.3. The second-order valence-corrected chi connectivity index (χ2v) is 4.69.